The molecular weight excluding hydrogens is 286 g/mol. The average molecular weight is 305 g/mol. The Labute approximate surface area is 135 Å². The van der Waals surface area contributed by atoms with Crippen LogP contribution in [0.5, 0.6) is 0 Å². The van der Waals surface area contributed by atoms with E-state index in [9.17, 15) is 4.79 Å². The van der Waals surface area contributed by atoms with E-state index < -0.39 is 0 Å². The smallest absolute Gasteiger partial charge is 0.255 e. The Kier molecular flexibility index (Phi) is 4.52. The molecule has 0 atom stereocenters. The van der Waals surface area contributed by atoms with E-state index in [1.54, 1.807) is 6.20 Å². The lowest BCUT2D eigenvalue weighted by molar-refractivity contribution is 0.102. The Hall–Kier alpha value is -2.88. The largest absolute Gasteiger partial charge is 0.322 e. The number of hydrogen-bond acceptors (Lipinski definition) is 2. The van der Waals surface area contributed by atoms with Gasteiger partial charge in [0.15, 0.2) is 0 Å². The van der Waals surface area contributed by atoms with E-state index in [1.807, 2.05) is 65.5 Å². The third-order valence-electron chi connectivity index (χ3n) is 3.74. The molecule has 1 amide bonds. The van der Waals surface area contributed by atoms with Crippen molar-refractivity contribution in [3.63, 3.8) is 0 Å². The molecule has 4 heteroatoms. The van der Waals surface area contributed by atoms with Crippen LogP contribution >= 0.6 is 0 Å². The maximum atomic E-state index is 12.3. The van der Waals surface area contributed by atoms with Gasteiger partial charge in [-0.2, -0.15) is 5.10 Å². The molecule has 1 N–H and O–H groups in total. The lowest BCUT2D eigenvalue weighted by Gasteiger charge is -2.07. The maximum absolute atomic E-state index is 12.3. The number of carbonyl (C=O) groups excluding carboxylic acids is 1. The number of nitrogens with one attached hydrogen (secondary N) is 1. The van der Waals surface area contributed by atoms with Crippen LogP contribution in [0.1, 0.15) is 28.4 Å². The van der Waals surface area contributed by atoms with E-state index >= 15 is 0 Å². The lowest BCUT2D eigenvalue weighted by atomic mass is 10.1. The van der Waals surface area contributed by atoms with Crippen LogP contribution in [0.2, 0.25) is 0 Å². The summed E-state index contributed by atoms with van der Waals surface area (Å²) in [6.45, 7) is 2.81. The van der Waals surface area contributed by atoms with E-state index in [-0.39, 0.29) is 5.91 Å². The zero-order valence-electron chi connectivity index (χ0n) is 13.1. The first-order chi connectivity index (χ1) is 11.2. The number of anilines is 1. The van der Waals surface area contributed by atoms with Crippen LogP contribution in [-0.2, 0) is 13.0 Å². The van der Waals surface area contributed by atoms with Crippen LogP contribution in [0.25, 0.3) is 0 Å². The molecule has 0 unspecified atom stereocenters. The Morgan fingerprint density at radius 2 is 1.74 bits per heavy atom. The number of rotatable bonds is 5. The standard InChI is InChI=1S/C19H19N3O/c1-2-15-6-10-18(11-7-15)21-19(23)17-8-4-16(5-9-17)14-22-13-3-12-20-22/h3-13H,2,14H2,1H3,(H,21,23). The predicted molar refractivity (Wildman–Crippen MR) is 91.5 cm³/mol. The van der Waals surface area contributed by atoms with Crippen LogP contribution < -0.4 is 5.32 Å². The van der Waals surface area contributed by atoms with Crippen molar-refractivity contribution in [2.24, 2.45) is 0 Å². The van der Waals surface area contributed by atoms with E-state index in [0.717, 1.165) is 17.7 Å². The van der Waals surface area contributed by atoms with Crippen molar-refractivity contribution in [1.29, 1.82) is 0 Å². The van der Waals surface area contributed by atoms with Gasteiger partial charge in [-0.05, 0) is 47.9 Å². The van der Waals surface area contributed by atoms with Crippen molar-refractivity contribution in [2.75, 3.05) is 5.32 Å². The summed E-state index contributed by atoms with van der Waals surface area (Å²) >= 11 is 0. The van der Waals surface area contributed by atoms with Crippen LogP contribution in [0, 0.1) is 0 Å². The SMILES string of the molecule is CCc1ccc(NC(=O)c2ccc(Cn3cccn3)cc2)cc1. The summed E-state index contributed by atoms with van der Waals surface area (Å²) < 4.78 is 1.85. The minimum Gasteiger partial charge on any atom is -0.322 e. The van der Waals surface area contributed by atoms with Crippen LogP contribution in [0.4, 0.5) is 5.69 Å². The third-order valence-corrected chi connectivity index (χ3v) is 3.74. The quantitative estimate of drug-likeness (QED) is 0.780. The molecule has 0 aliphatic carbocycles. The molecule has 3 rings (SSSR count). The number of aromatic nitrogens is 2. The highest BCUT2D eigenvalue weighted by Gasteiger charge is 2.06. The second-order valence-corrected chi connectivity index (χ2v) is 5.41. The normalized spacial score (nSPS) is 10.5. The molecular formula is C19H19N3O. The Morgan fingerprint density at radius 3 is 2.35 bits per heavy atom. The summed E-state index contributed by atoms with van der Waals surface area (Å²) in [7, 11) is 0. The highest BCUT2D eigenvalue weighted by molar-refractivity contribution is 6.04. The van der Waals surface area contributed by atoms with Gasteiger partial charge in [0.1, 0.15) is 0 Å². The Morgan fingerprint density at radius 1 is 1.04 bits per heavy atom. The monoisotopic (exact) mass is 305 g/mol. The molecule has 0 radical (unpaired) electrons. The highest BCUT2D eigenvalue weighted by Crippen LogP contribution is 2.13. The fraction of sp³-hybridized carbons (Fsp3) is 0.158. The minimum atomic E-state index is -0.0973. The second-order valence-electron chi connectivity index (χ2n) is 5.41. The molecule has 3 aromatic rings. The minimum absolute atomic E-state index is 0.0973. The van der Waals surface area contributed by atoms with Gasteiger partial charge < -0.3 is 5.32 Å². The summed E-state index contributed by atoms with van der Waals surface area (Å²) in [5.41, 5.74) is 3.82. The van der Waals surface area contributed by atoms with Crippen molar-refractivity contribution in [2.45, 2.75) is 19.9 Å². The molecule has 0 aliphatic heterocycles. The first kappa shape index (κ1) is 15.0. The number of nitrogens with zero attached hydrogens (tertiary/aromatic N) is 2. The van der Waals surface area contributed by atoms with Crippen molar-refractivity contribution in [3.05, 3.63) is 83.7 Å². The zero-order chi connectivity index (χ0) is 16.1. The van der Waals surface area contributed by atoms with Crippen LogP contribution in [-0.4, -0.2) is 15.7 Å². The van der Waals surface area contributed by atoms with E-state index in [4.69, 9.17) is 0 Å². The third kappa shape index (κ3) is 3.86. The number of hydrogen-bond donors (Lipinski definition) is 1. The summed E-state index contributed by atoms with van der Waals surface area (Å²) in [5, 5.41) is 7.09. The fourth-order valence-corrected chi connectivity index (χ4v) is 2.37. The zero-order valence-corrected chi connectivity index (χ0v) is 13.1. The topological polar surface area (TPSA) is 46.9 Å². The number of amides is 1. The maximum Gasteiger partial charge on any atom is 0.255 e. The molecule has 4 nitrogen and oxygen atoms in total. The summed E-state index contributed by atoms with van der Waals surface area (Å²) in [6, 6.07) is 17.4. The summed E-state index contributed by atoms with van der Waals surface area (Å²) in [5.74, 6) is -0.0973. The van der Waals surface area contributed by atoms with Gasteiger partial charge in [0, 0.05) is 23.6 Å². The molecule has 0 bridgehead atoms. The number of aryl methyl sites for hydroxylation is 1. The van der Waals surface area contributed by atoms with Gasteiger partial charge in [-0.1, -0.05) is 31.2 Å². The van der Waals surface area contributed by atoms with Gasteiger partial charge in [-0.3, -0.25) is 9.48 Å². The van der Waals surface area contributed by atoms with Gasteiger partial charge in [0.05, 0.1) is 6.54 Å². The summed E-state index contributed by atoms with van der Waals surface area (Å²) in [6.07, 6.45) is 4.66. The van der Waals surface area contributed by atoms with Crippen LogP contribution in [0.15, 0.2) is 67.0 Å². The van der Waals surface area contributed by atoms with Gasteiger partial charge in [0.2, 0.25) is 0 Å². The van der Waals surface area contributed by atoms with Gasteiger partial charge in [-0.25, -0.2) is 0 Å². The molecule has 2 aromatic carbocycles. The molecule has 0 aliphatic rings. The van der Waals surface area contributed by atoms with Crippen molar-refractivity contribution < 1.29 is 4.79 Å². The first-order valence-corrected chi connectivity index (χ1v) is 7.71. The van der Waals surface area contributed by atoms with Crippen molar-refractivity contribution in [1.82, 2.24) is 9.78 Å². The van der Waals surface area contributed by atoms with E-state index in [1.165, 1.54) is 5.56 Å². The van der Waals surface area contributed by atoms with Crippen LogP contribution in [0.3, 0.4) is 0 Å². The molecule has 116 valence electrons. The van der Waals surface area contributed by atoms with Crippen molar-refractivity contribution in [3.8, 4) is 0 Å². The molecule has 0 saturated heterocycles. The van der Waals surface area contributed by atoms with E-state index in [2.05, 4.69) is 17.3 Å². The molecule has 0 fully saturated rings. The van der Waals surface area contributed by atoms with Crippen molar-refractivity contribution >= 4 is 11.6 Å². The molecule has 23 heavy (non-hydrogen) atoms. The number of benzene rings is 2. The Bertz CT molecular complexity index is 759. The average Bonchev–Trinajstić information content (AvgIpc) is 3.09. The van der Waals surface area contributed by atoms with Gasteiger partial charge >= 0.3 is 0 Å². The number of carbonyl (C=O) groups is 1. The highest BCUT2D eigenvalue weighted by atomic mass is 16.1. The first-order valence-electron chi connectivity index (χ1n) is 7.71. The fourth-order valence-electron chi connectivity index (χ4n) is 2.37. The van der Waals surface area contributed by atoms with Gasteiger partial charge in [0.25, 0.3) is 5.91 Å². The molecule has 0 spiro atoms. The molecule has 0 saturated carbocycles. The lowest BCUT2D eigenvalue weighted by Crippen LogP contribution is -2.12. The predicted octanol–water partition coefficient (Wildman–Crippen LogP) is 3.75. The Balaban J connectivity index is 1.64. The second kappa shape index (κ2) is 6.92. The van der Waals surface area contributed by atoms with Gasteiger partial charge in [-0.15, -0.1) is 0 Å². The molecule has 1 heterocycles. The molecule has 1 aromatic heterocycles. The summed E-state index contributed by atoms with van der Waals surface area (Å²) in [4.78, 5) is 12.3. The van der Waals surface area contributed by atoms with E-state index in [0.29, 0.717) is 12.1 Å².